The summed E-state index contributed by atoms with van der Waals surface area (Å²) in [6, 6.07) is 6.19. The third kappa shape index (κ3) is 3.49. The monoisotopic (exact) mass is 262 g/mol. The van der Waals surface area contributed by atoms with Crippen LogP contribution in [0.5, 0.6) is 5.75 Å². The number of ether oxygens (including phenoxy) is 1. The van der Waals surface area contributed by atoms with Crippen molar-refractivity contribution in [2.45, 2.75) is 51.6 Å². The third-order valence-corrected chi connectivity index (χ3v) is 4.05. The largest absolute Gasteiger partial charge is 0.508 e. The number of hydrogen-bond donors (Lipinski definition) is 1. The standard InChI is InChI=1S/C16H22O3/c1-16(2,13-6-4-3-5-7-13)19-15(18)12-8-10-14(17)11-9-12/h8-11,13,17H,3-7H2,1-2H3. The maximum absolute atomic E-state index is 12.1. The van der Waals surface area contributed by atoms with Gasteiger partial charge in [-0.3, -0.25) is 0 Å². The van der Waals surface area contributed by atoms with E-state index >= 15 is 0 Å². The number of phenolic OH excluding ortho intramolecular Hbond substituents is 1. The highest BCUT2D eigenvalue weighted by molar-refractivity contribution is 5.89. The molecule has 0 spiro atoms. The minimum absolute atomic E-state index is 0.156. The molecule has 0 aromatic heterocycles. The third-order valence-electron chi connectivity index (χ3n) is 4.05. The molecular formula is C16H22O3. The smallest absolute Gasteiger partial charge is 0.338 e. The van der Waals surface area contributed by atoms with Crippen molar-refractivity contribution < 1.29 is 14.6 Å². The number of phenols is 1. The second-order valence-electron chi connectivity index (χ2n) is 5.87. The average Bonchev–Trinajstić information content (AvgIpc) is 2.40. The van der Waals surface area contributed by atoms with Crippen LogP contribution >= 0.6 is 0 Å². The first kappa shape index (κ1) is 13.9. The Morgan fingerprint density at radius 1 is 1.16 bits per heavy atom. The van der Waals surface area contributed by atoms with Crippen molar-refractivity contribution >= 4 is 5.97 Å². The zero-order chi connectivity index (χ0) is 13.9. The van der Waals surface area contributed by atoms with E-state index in [2.05, 4.69) is 0 Å². The Balaban J connectivity index is 2.02. The first-order valence-electron chi connectivity index (χ1n) is 7.01. The molecule has 1 aromatic carbocycles. The lowest BCUT2D eigenvalue weighted by Crippen LogP contribution is -2.37. The lowest BCUT2D eigenvalue weighted by molar-refractivity contribution is -0.0384. The Morgan fingerprint density at radius 2 is 1.74 bits per heavy atom. The summed E-state index contributed by atoms with van der Waals surface area (Å²) in [6.45, 7) is 4.00. The molecular weight excluding hydrogens is 240 g/mol. The number of carbonyl (C=O) groups excluding carboxylic acids is 1. The predicted octanol–water partition coefficient (Wildman–Crippen LogP) is 3.91. The molecule has 1 aliphatic rings. The molecule has 19 heavy (non-hydrogen) atoms. The van der Waals surface area contributed by atoms with E-state index in [0.29, 0.717) is 11.5 Å². The van der Waals surface area contributed by atoms with Gasteiger partial charge in [0.1, 0.15) is 11.4 Å². The highest BCUT2D eigenvalue weighted by Crippen LogP contribution is 2.35. The van der Waals surface area contributed by atoms with Crippen molar-refractivity contribution in [3.63, 3.8) is 0 Å². The molecule has 3 heteroatoms. The molecule has 0 saturated heterocycles. The van der Waals surface area contributed by atoms with E-state index in [1.54, 1.807) is 12.1 Å². The first-order chi connectivity index (χ1) is 8.99. The fourth-order valence-electron chi connectivity index (χ4n) is 2.78. The number of esters is 1. The van der Waals surface area contributed by atoms with Crippen LogP contribution in [0.15, 0.2) is 24.3 Å². The van der Waals surface area contributed by atoms with Crippen molar-refractivity contribution in [1.29, 1.82) is 0 Å². The SMILES string of the molecule is CC(C)(OC(=O)c1ccc(O)cc1)C1CCCCC1. The quantitative estimate of drug-likeness (QED) is 0.840. The van der Waals surface area contributed by atoms with E-state index in [1.807, 2.05) is 13.8 Å². The van der Waals surface area contributed by atoms with Crippen LogP contribution in [0.25, 0.3) is 0 Å². The fourth-order valence-corrected chi connectivity index (χ4v) is 2.78. The summed E-state index contributed by atoms with van der Waals surface area (Å²) in [6.07, 6.45) is 6.01. The summed E-state index contributed by atoms with van der Waals surface area (Å²) >= 11 is 0. The number of rotatable bonds is 3. The van der Waals surface area contributed by atoms with Gasteiger partial charge in [-0.25, -0.2) is 4.79 Å². The van der Waals surface area contributed by atoms with Gasteiger partial charge in [0.05, 0.1) is 5.56 Å². The lowest BCUT2D eigenvalue weighted by atomic mass is 9.79. The average molecular weight is 262 g/mol. The van der Waals surface area contributed by atoms with Crippen LogP contribution in [0.4, 0.5) is 0 Å². The fraction of sp³-hybridized carbons (Fsp3) is 0.562. The summed E-state index contributed by atoms with van der Waals surface area (Å²) in [7, 11) is 0. The van der Waals surface area contributed by atoms with Gasteiger partial charge in [-0.2, -0.15) is 0 Å². The van der Waals surface area contributed by atoms with Crippen molar-refractivity contribution in [2.75, 3.05) is 0 Å². The molecule has 1 aliphatic carbocycles. The molecule has 3 nitrogen and oxygen atoms in total. The molecule has 0 bridgehead atoms. The van der Waals surface area contributed by atoms with E-state index in [1.165, 1.54) is 31.4 Å². The van der Waals surface area contributed by atoms with E-state index in [-0.39, 0.29) is 11.7 Å². The zero-order valence-electron chi connectivity index (χ0n) is 11.7. The molecule has 1 aromatic rings. The van der Waals surface area contributed by atoms with E-state index in [9.17, 15) is 9.90 Å². The Labute approximate surface area is 114 Å². The minimum atomic E-state index is -0.421. The van der Waals surface area contributed by atoms with Gasteiger partial charge in [0.15, 0.2) is 0 Å². The number of aromatic hydroxyl groups is 1. The molecule has 0 aliphatic heterocycles. The number of hydrogen-bond acceptors (Lipinski definition) is 3. The second-order valence-corrected chi connectivity index (χ2v) is 5.87. The Bertz CT molecular complexity index is 428. The molecule has 2 rings (SSSR count). The minimum Gasteiger partial charge on any atom is -0.508 e. The van der Waals surface area contributed by atoms with E-state index < -0.39 is 5.60 Å². The van der Waals surface area contributed by atoms with Crippen molar-refractivity contribution in [1.82, 2.24) is 0 Å². The maximum Gasteiger partial charge on any atom is 0.338 e. The number of carbonyl (C=O) groups is 1. The van der Waals surface area contributed by atoms with Crippen molar-refractivity contribution in [3.8, 4) is 5.75 Å². The van der Waals surface area contributed by atoms with Gasteiger partial charge in [-0.1, -0.05) is 19.3 Å². The summed E-state index contributed by atoms with van der Waals surface area (Å²) in [4.78, 5) is 12.1. The highest BCUT2D eigenvalue weighted by Gasteiger charge is 2.34. The normalized spacial score (nSPS) is 17.2. The van der Waals surface area contributed by atoms with Gasteiger partial charge in [0.25, 0.3) is 0 Å². The van der Waals surface area contributed by atoms with Crippen LogP contribution in [-0.2, 0) is 4.74 Å². The van der Waals surface area contributed by atoms with Crippen LogP contribution in [0, 0.1) is 5.92 Å². The van der Waals surface area contributed by atoms with Gasteiger partial charge in [0.2, 0.25) is 0 Å². The summed E-state index contributed by atoms with van der Waals surface area (Å²) < 4.78 is 5.68. The lowest BCUT2D eigenvalue weighted by Gasteiger charge is -2.36. The topological polar surface area (TPSA) is 46.5 Å². The molecule has 1 N–H and O–H groups in total. The van der Waals surface area contributed by atoms with Gasteiger partial charge in [0, 0.05) is 0 Å². The van der Waals surface area contributed by atoms with Crippen molar-refractivity contribution in [2.24, 2.45) is 5.92 Å². The zero-order valence-corrected chi connectivity index (χ0v) is 11.7. The van der Waals surface area contributed by atoms with Crippen LogP contribution in [0.2, 0.25) is 0 Å². The van der Waals surface area contributed by atoms with Crippen LogP contribution in [-0.4, -0.2) is 16.7 Å². The number of benzene rings is 1. The molecule has 1 saturated carbocycles. The summed E-state index contributed by atoms with van der Waals surface area (Å²) in [5, 5.41) is 9.22. The summed E-state index contributed by atoms with van der Waals surface area (Å²) in [5.74, 6) is 0.293. The molecule has 0 unspecified atom stereocenters. The Kier molecular flexibility index (Phi) is 4.13. The summed E-state index contributed by atoms with van der Waals surface area (Å²) in [5.41, 5.74) is 0.0664. The molecule has 0 heterocycles. The van der Waals surface area contributed by atoms with Gasteiger partial charge in [-0.15, -0.1) is 0 Å². The van der Waals surface area contributed by atoms with Gasteiger partial charge >= 0.3 is 5.97 Å². The first-order valence-corrected chi connectivity index (χ1v) is 7.01. The van der Waals surface area contributed by atoms with E-state index in [4.69, 9.17) is 4.74 Å². The van der Waals surface area contributed by atoms with Crippen molar-refractivity contribution in [3.05, 3.63) is 29.8 Å². The Hall–Kier alpha value is -1.51. The second kappa shape index (κ2) is 5.64. The highest BCUT2D eigenvalue weighted by atomic mass is 16.6. The van der Waals surface area contributed by atoms with E-state index in [0.717, 1.165) is 12.8 Å². The Morgan fingerprint density at radius 3 is 2.32 bits per heavy atom. The molecule has 104 valence electrons. The van der Waals surface area contributed by atoms with Crippen LogP contribution < -0.4 is 0 Å². The molecule has 0 radical (unpaired) electrons. The van der Waals surface area contributed by atoms with Gasteiger partial charge in [-0.05, 0) is 56.9 Å². The molecule has 0 amide bonds. The van der Waals surface area contributed by atoms with Crippen LogP contribution in [0.1, 0.15) is 56.3 Å². The molecule has 0 atom stereocenters. The van der Waals surface area contributed by atoms with Gasteiger partial charge < -0.3 is 9.84 Å². The van der Waals surface area contributed by atoms with Crippen LogP contribution in [0.3, 0.4) is 0 Å². The molecule has 1 fully saturated rings. The predicted molar refractivity (Wildman–Crippen MR) is 74.2 cm³/mol. The maximum atomic E-state index is 12.1.